The molecule has 0 unspecified atom stereocenters. The van der Waals surface area contributed by atoms with Gasteiger partial charge >= 0.3 is 0 Å². The molecule has 0 bridgehead atoms. The number of hydrogen-bond acceptors (Lipinski definition) is 6. The maximum atomic E-state index is 12.5. The van der Waals surface area contributed by atoms with E-state index in [-0.39, 0.29) is 29.8 Å². The quantitative estimate of drug-likeness (QED) is 0.779. The normalized spacial score (nSPS) is 19.4. The van der Waals surface area contributed by atoms with Gasteiger partial charge < -0.3 is 20.1 Å². The fourth-order valence-electron chi connectivity index (χ4n) is 3.70. The van der Waals surface area contributed by atoms with Crippen molar-refractivity contribution in [1.82, 2.24) is 29.7 Å². The highest BCUT2D eigenvalue weighted by molar-refractivity contribution is 5.96. The van der Waals surface area contributed by atoms with Crippen LogP contribution in [0.1, 0.15) is 50.7 Å². The Balaban J connectivity index is 1.57. The molecule has 2 amide bonds. The van der Waals surface area contributed by atoms with Gasteiger partial charge in [-0.3, -0.25) is 9.59 Å². The maximum absolute atomic E-state index is 12.5. The van der Waals surface area contributed by atoms with E-state index in [1.807, 2.05) is 25.7 Å². The van der Waals surface area contributed by atoms with Crippen LogP contribution in [0.5, 0.6) is 0 Å². The smallest absolute Gasteiger partial charge is 0.287 e. The van der Waals surface area contributed by atoms with E-state index in [2.05, 4.69) is 25.6 Å². The van der Waals surface area contributed by atoms with Gasteiger partial charge in [-0.25, -0.2) is 15.0 Å². The molecule has 0 spiro atoms. The molecule has 0 radical (unpaired) electrons. The first-order valence-corrected chi connectivity index (χ1v) is 10.0. The van der Waals surface area contributed by atoms with Crippen molar-refractivity contribution in [3.05, 3.63) is 12.2 Å². The molecular weight excluding hydrogens is 358 g/mol. The molecule has 150 valence electrons. The predicted molar refractivity (Wildman–Crippen MR) is 105 cm³/mol. The molecule has 1 saturated heterocycles. The van der Waals surface area contributed by atoms with Gasteiger partial charge in [0.05, 0.1) is 0 Å². The summed E-state index contributed by atoms with van der Waals surface area (Å²) in [6, 6.07) is 0.148. The number of amides is 2. The van der Waals surface area contributed by atoms with Gasteiger partial charge in [-0.15, -0.1) is 0 Å². The molecule has 1 aliphatic carbocycles. The first-order chi connectivity index (χ1) is 13.5. The van der Waals surface area contributed by atoms with Gasteiger partial charge in [-0.05, 0) is 40.0 Å². The number of nitrogens with zero attached hydrogens (tertiary/aromatic N) is 5. The van der Waals surface area contributed by atoms with Gasteiger partial charge in [0.15, 0.2) is 17.0 Å². The molecule has 2 aromatic heterocycles. The molecule has 28 heavy (non-hydrogen) atoms. The summed E-state index contributed by atoms with van der Waals surface area (Å²) in [5, 5.41) is 6.31. The predicted octanol–water partition coefficient (Wildman–Crippen LogP) is 1.41. The number of imidazole rings is 1. The summed E-state index contributed by atoms with van der Waals surface area (Å²) >= 11 is 0. The molecular formula is C19H27N7O2. The van der Waals surface area contributed by atoms with Crippen molar-refractivity contribution in [2.75, 3.05) is 18.4 Å². The lowest BCUT2D eigenvalue weighted by atomic mass is 10.2. The summed E-state index contributed by atoms with van der Waals surface area (Å²) in [4.78, 5) is 40.0. The zero-order valence-electron chi connectivity index (χ0n) is 16.6. The van der Waals surface area contributed by atoms with Crippen LogP contribution in [-0.2, 0) is 11.3 Å². The zero-order chi connectivity index (χ0) is 19.8. The fraction of sp³-hybridized carbons (Fsp3) is 0.632. The molecule has 4 rings (SSSR count). The second-order valence-electron chi connectivity index (χ2n) is 7.89. The average molecular weight is 385 g/mol. The number of carbonyl (C=O) groups excluding carboxylic acids is 2. The third-order valence-corrected chi connectivity index (χ3v) is 5.24. The van der Waals surface area contributed by atoms with Crippen molar-refractivity contribution in [2.24, 2.45) is 5.92 Å². The van der Waals surface area contributed by atoms with Gasteiger partial charge in [-0.2, -0.15) is 0 Å². The standard InChI is InChI=1S/C19H27N7O2/c1-4-26-16-14(24-17(26)18(27)22-11(2)3)15(20-10-21-16)23-13-7-8-25(9-13)19(28)12-5-6-12/h10-13H,4-9H2,1-3H3,(H,22,27)(H,20,21,23)/t13-/m0/s1. The zero-order valence-corrected chi connectivity index (χ0v) is 16.6. The van der Waals surface area contributed by atoms with E-state index in [9.17, 15) is 9.59 Å². The van der Waals surface area contributed by atoms with Crippen LogP contribution in [0.3, 0.4) is 0 Å². The highest BCUT2D eigenvalue weighted by atomic mass is 16.2. The summed E-state index contributed by atoms with van der Waals surface area (Å²) in [6.45, 7) is 7.82. The highest BCUT2D eigenvalue weighted by Gasteiger charge is 2.36. The van der Waals surface area contributed by atoms with E-state index >= 15 is 0 Å². The Labute approximate surface area is 163 Å². The number of nitrogens with one attached hydrogen (secondary N) is 2. The molecule has 3 heterocycles. The Morgan fingerprint density at radius 3 is 2.71 bits per heavy atom. The van der Waals surface area contributed by atoms with Crippen molar-refractivity contribution < 1.29 is 9.59 Å². The summed E-state index contributed by atoms with van der Waals surface area (Å²) in [7, 11) is 0. The van der Waals surface area contributed by atoms with Crippen LogP contribution in [0.15, 0.2) is 6.33 Å². The van der Waals surface area contributed by atoms with Gasteiger partial charge in [-0.1, -0.05) is 0 Å². The van der Waals surface area contributed by atoms with Crippen LogP contribution in [0.25, 0.3) is 11.2 Å². The topological polar surface area (TPSA) is 105 Å². The van der Waals surface area contributed by atoms with E-state index in [0.717, 1.165) is 25.8 Å². The molecule has 1 atom stereocenters. The Morgan fingerprint density at radius 1 is 1.25 bits per heavy atom. The molecule has 2 aliphatic rings. The molecule has 2 N–H and O–H groups in total. The van der Waals surface area contributed by atoms with Gasteiger partial charge in [0.1, 0.15) is 6.33 Å². The first-order valence-electron chi connectivity index (χ1n) is 10.0. The third-order valence-electron chi connectivity index (χ3n) is 5.24. The molecule has 2 fully saturated rings. The number of aryl methyl sites for hydroxylation is 1. The van der Waals surface area contributed by atoms with Crippen molar-refractivity contribution in [3.63, 3.8) is 0 Å². The van der Waals surface area contributed by atoms with Crippen LogP contribution in [0.4, 0.5) is 5.82 Å². The van der Waals surface area contributed by atoms with E-state index in [1.54, 1.807) is 4.57 Å². The molecule has 9 nitrogen and oxygen atoms in total. The van der Waals surface area contributed by atoms with Crippen LogP contribution < -0.4 is 10.6 Å². The summed E-state index contributed by atoms with van der Waals surface area (Å²) in [5.41, 5.74) is 1.23. The number of aromatic nitrogens is 4. The SMILES string of the molecule is CCn1c(C(=O)NC(C)C)nc2c(N[C@H]3CCN(C(=O)C4CC4)C3)ncnc21. The average Bonchev–Trinajstić information content (AvgIpc) is 3.28. The van der Waals surface area contributed by atoms with Crippen LogP contribution >= 0.6 is 0 Å². The lowest BCUT2D eigenvalue weighted by Gasteiger charge is -2.17. The van der Waals surface area contributed by atoms with Crippen LogP contribution in [0, 0.1) is 5.92 Å². The number of likely N-dealkylation sites (tertiary alicyclic amines) is 1. The van der Waals surface area contributed by atoms with Gasteiger partial charge in [0.2, 0.25) is 11.7 Å². The monoisotopic (exact) mass is 385 g/mol. The minimum atomic E-state index is -0.220. The second kappa shape index (κ2) is 7.37. The molecule has 1 saturated carbocycles. The van der Waals surface area contributed by atoms with E-state index in [1.165, 1.54) is 6.33 Å². The Kier molecular flexibility index (Phi) is 4.91. The van der Waals surface area contributed by atoms with Gasteiger partial charge in [0, 0.05) is 37.6 Å². The Hall–Kier alpha value is -2.71. The first kappa shape index (κ1) is 18.6. The van der Waals surface area contributed by atoms with Gasteiger partial charge in [0.25, 0.3) is 5.91 Å². The minimum Gasteiger partial charge on any atom is -0.364 e. The maximum Gasteiger partial charge on any atom is 0.287 e. The molecule has 9 heteroatoms. The fourth-order valence-corrected chi connectivity index (χ4v) is 3.70. The number of hydrogen-bond donors (Lipinski definition) is 2. The number of anilines is 1. The van der Waals surface area contributed by atoms with E-state index < -0.39 is 0 Å². The lowest BCUT2D eigenvalue weighted by molar-refractivity contribution is -0.131. The number of rotatable bonds is 6. The minimum absolute atomic E-state index is 0.0229. The highest BCUT2D eigenvalue weighted by Crippen LogP contribution is 2.32. The second-order valence-corrected chi connectivity index (χ2v) is 7.89. The molecule has 1 aliphatic heterocycles. The van der Waals surface area contributed by atoms with Crippen molar-refractivity contribution in [3.8, 4) is 0 Å². The summed E-state index contributed by atoms with van der Waals surface area (Å²) in [6.07, 6.45) is 4.41. The summed E-state index contributed by atoms with van der Waals surface area (Å²) in [5.74, 6) is 1.25. The third kappa shape index (κ3) is 3.53. The molecule has 0 aromatic carbocycles. The number of carbonyl (C=O) groups is 2. The van der Waals surface area contributed by atoms with Crippen molar-refractivity contribution in [2.45, 2.75) is 58.7 Å². The molecule has 2 aromatic rings. The number of fused-ring (bicyclic) bond motifs is 1. The largest absolute Gasteiger partial charge is 0.364 e. The van der Waals surface area contributed by atoms with Crippen LogP contribution in [0.2, 0.25) is 0 Å². The Bertz CT molecular complexity index is 903. The van der Waals surface area contributed by atoms with Crippen molar-refractivity contribution in [1.29, 1.82) is 0 Å². The van der Waals surface area contributed by atoms with Crippen LogP contribution in [-0.4, -0.2) is 61.4 Å². The summed E-state index contributed by atoms with van der Waals surface area (Å²) < 4.78 is 1.80. The Morgan fingerprint density at radius 2 is 2.04 bits per heavy atom. The van der Waals surface area contributed by atoms with E-state index in [0.29, 0.717) is 35.9 Å². The van der Waals surface area contributed by atoms with E-state index in [4.69, 9.17) is 0 Å². The lowest BCUT2D eigenvalue weighted by Crippen LogP contribution is -2.32. The van der Waals surface area contributed by atoms with Crippen molar-refractivity contribution >= 4 is 28.8 Å².